The largest absolute Gasteiger partial charge is 0.372 e. The zero-order chi connectivity index (χ0) is 12.7. The van der Waals surface area contributed by atoms with Crippen LogP contribution < -0.4 is 5.32 Å². The molecule has 0 aromatic rings. The van der Waals surface area contributed by atoms with Gasteiger partial charge in [-0.25, -0.2) is 0 Å². The van der Waals surface area contributed by atoms with Gasteiger partial charge in [0.25, 0.3) is 0 Å². The van der Waals surface area contributed by atoms with Crippen molar-refractivity contribution in [2.75, 3.05) is 6.54 Å². The van der Waals surface area contributed by atoms with Gasteiger partial charge in [-0.3, -0.25) is 0 Å². The van der Waals surface area contributed by atoms with E-state index in [2.05, 4.69) is 33.0 Å². The Kier molecular flexibility index (Phi) is 6.50. The van der Waals surface area contributed by atoms with Crippen molar-refractivity contribution >= 4 is 0 Å². The summed E-state index contributed by atoms with van der Waals surface area (Å²) in [6.07, 6.45) is 9.28. The summed E-state index contributed by atoms with van der Waals surface area (Å²) < 4.78 is 6.05. The van der Waals surface area contributed by atoms with Crippen LogP contribution >= 0.6 is 0 Å². The van der Waals surface area contributed by atoms with Crippen molar-refractivity contribution in [1.82, 2.24) is 5.32 Å². The van der Waals surface area contributed by atoms with Gasteiger partial charge in [-0.15, -0.1) is 0 Å². The van der Waals surface area contributed by atoms with Crippen LogP contribution in [0.3, 0.4) is 0 Å². The van der Waals surface area contributed by atoms with Crippen LogP contribution in [-0.2, 0) is 4.74 Å². The molecule has 2 nitrogen and oxygen atoms in total. The van der Waals surface area contributed by atoms with Crippen molar-refractivity contribution in [3.05, 3.63) is 0 Å². The van der Waals surface area contributed by atoms with E-state index < -0.39 is 0 Å². The van der Waals surface area contributed by atoms with Gasteiger partial charge in [0, 0.05) is 6.04 Å². The molecular weight excluding hydrogens is 210 g/mol. The Bertz CT molecular complexity index is 203. The van der Waals surface area contributed by atoms with Crippen LogP contribution in [0.25, 0.3) is 0 Å². The van der Waals surface area contributed by atoms with E-state index in [9.17, 15) is 0 Å². The lowest BCUT2D eigenvalue weighted by Crippen LogP contribution is -2.31. The Hall–Kier alpha value is -0.0800. The standard InChI is InChI=1S/C15H31NO/c1-5-7-13(16-12-6-2)8-9-14-10-11-15(3,4)17-14/h13-14,16H,5-12H2,1-4H3. The third-order valence-electron chi connectivity index (χ3n) is 3.71. The Labute approximate surface area is 108 Å². The molecule has 0 radical (unpaired) electrons. The molecule has 0 aromatic heterocycles. The molecule has 0 bridgehead atoms. The van der Waals surface area contributed by atoms with Crippen molar-refractivity contribution in [2.45, 2.75) is 90.4 Å². The molecule has 1 N–H and O–H groups in total. The molecule has 1 fully saturated rings. The van der Waals surface area contributed by atoms with Gasteiger partial charge >= 0.3 is 0 Å². The van der Waals surface area contributed by atoms with Gasteiger partial charge in [0.2, 0.25) is 0 Å². The van der Waals surface area contributed by atoms with Crippen molar-refractivity contribution in [1.29, 1.82) is 0 Å². The summed E-state index contributed by atoms with van der Waals surface area (Å²) >= 11 is 0. The first-order valence-electron chi connectivity index (χ1n) is 7.48. The first-order chi connectivity index (χ1) is 8.07. The number of rotatable bonds is 8. The van der Waals surface area contributed by atoms with E-state index >= 15 is 0 Å². The van der Waals surface area contributed by atoms with Crippen molar-refractivity contribution in [3.63, 3.8) is 0 Å². The minimum Gasteiger partial charge on any atom is -0.372 e. The molecule has 2 atom stereocenters. The number of ether oxygens (including phenoxy) is 1. The maximum atomic E-state index is 6.05. The number of hydrogen-bond acceptors (Lipinski definition) is 2. The normalized spacial score (nSPS) is 25.1. The fourth-order valence-corrected chi connectivity index (χ4v) is 2.71. The monoisotopic (exact) mass is 241 g/mol. The second kappa shape index (κ2) is 7.38. The average molecular weight is 241 g/mol. The lowest BCUT2D eigenvalue weighted by molar-refractivity contribution is -0.0199. The first-order valence-corrected chi connectivity index (χ1v) is 7.48. The van der Waals surface area contributed by atoms with E-state index in [1.165, 1.54) is 44.9 Å². The van der Waals surface area contributed by atoms with Crippen molar-refractivity contribution < 1.29 is 4.74 Å². The molecule has 0 spiro atoms. The molecule has 2 heteroatoms. The van der Waals surface area contributed by atoms with E-state index in [0.717, 1.165) is 6.54 Å². The summed E-state index contributed by atoms with van der Waals surface area (Å²) in [5, 5.41) is 3.66. The fraction of sp³-hybridized carbons (Fsp3) is 1.00. The molecule has 0 saturated carbocycles. The molecule has 0 amide bonds. The lowest BCUT2D eigenvalue weighted by atomic mass is 10.0. The Morgan fingerprint density at radius 3 is 2.53 bits per heavy atom. The molecule has 0 aromatic carbocycles. The lowest BCUT2D eigenvalue weighted by Gasteiger charge is -2.22. The third-order valence-corrected chi connectivity index (χ3v) is 3.71. The SMILES string of the molecule is CCCNC(CCC)CCC1CCC(C)(C)O1. The van der Waals surface area contributed by atoms with Gasteiger partial charge in [0.15, 0.2) is 0 Å². The molecule has 2 unspecified atom stereocenters. The summed E-state index contributed by atoms with van der Waals surface area (Å²) in [7, 11) is 0. The summed E-state index contributed by atoms with van der Waals surface area (Å²) in [6.45, 7) is 10.1. The summed E-state index contributed by atoms with van der Waals surface area (Å²) in [6, 6.07) is 0.701. The van der Waals surface area contributed by atoms with Crippen LogP contribution in [0, 0.1) is 0 Å². The smallest absolute Gasteiger partial charge is 0.0631 e. The maximum Gasteiger partial charge on any atom is 0.0631 e. The van der Waals surface area contributed by atoms with E-state index in [-0.39, 0.29) is 5.60 Å². The van der Waals surface area contributed by atoms with Gasteiger partial charge in [0.05, 0.1) is 11.7 Å². The molecule has 1 saturated heterocycles. The molecule has 1 aliphatic heterocycles. The van der Waals surface area contributed by atoms with Crippen LogP contribution in [0.2, 0.25) is 0 Å². The highest BCUT2D eigenvalue weighted by molar-refractivity contribution is 4.81. The molecule has 17 heavy (non-hydrogen) atoms. The van der Waals surface area contributed by atoms with Crippen molar-refractivity contribution in [2.24, 2.45) is 0 Å². The van der Waals surface area contributed by atoms with Crippen LogP contribution in [-0.4, -0.2) is 24.3 Å². The van der Waals surface area contributed by atoms with Crippen LogP contribution in [0.15, 0.2) is 0 Å². The van der Waals surface area contributed by atoms with E-state index in [0.29, 0.717) is 12.1 Å². The van der Waals surface area contributed by atoms with Crippen LogP contribution in [0.5, 0.6) is 0 Å². The number of hydrogen-bond donors (Lipinski definition) is 1. The minimum absolute atomic E-state index is 0.127. The highest BCUT2D eigenvalue weighted by Gasteiger charge is 2.31. The zero-order valence-corrected chi connectivity index (χ0v) is 12.2. The predicted molar refractivity (Wildman–Crippen MR) is 74.4 cm³/mol. The second-order valence-electron chi connectivity index (χ2n) is 6.06. The summed E-state index contributed by atoms with van der Waals surface area (Å²) in [4.78, 5) is 0. The summed E-state index contributed by atoms with van der Waals surface area (Å²) in [5.74, 6) is 0. The summed E-state index contributed by atoms with van der Waals surface area (Å²) in [5.41, 5.74) is 0.127. The predicted octanol–water partition coefficient (Wildman–Crippen LogP) is 3.89. The molecular formula is C15H31NO. The molecule has 102 valence electrons. The quantitative estimate of drug-likeness (QED) is 0.696. The van der Waals surface area contributed by atoms with Gasteiger partial charge in [-0.1, -0.05) is 20.3 Å². The highest BCUT2D eigenvalue weighted by Crippen LogP contribution is 2.31. The van der Waals surface area contributed by atoms with Crippen LogP contribution in [0.4, 0.5) is 0 Å². The molecule has 1 rings (SSSR count). The highest BCUT2D eigenvalue weighted by atomic mass is 16.5. The topological polar surface area (TPSA) is 21.3 Å². The van der Waals surface area contributed by atoms with E-state index in [1.54, 1.807) is 0 Å². The molecule has 1 heterocycles. The van der Waals surface area contributed by atoms with Crippen LogP contribution in [0.1, 0.15) is 72.6 Å². The Balaban J connectivity index is 2.22. The maximum absolute atomic E-state index is 6.05. The van der Waals surface area contributed by atoms with Crippen molar-refractivity contribution in [3.8, 4) is 0 Å². The fourth-order valence-electron chi connectivity index (χ4n) is 2.71. The molecule has 1 aliphatic rings. The van der Waals surface area contributed by atoms with E-state index in [1.807, 2.05) is 0 Å². The Morgan fingerprint density at radius 2 is 2.00 bits per heavy atom. The molecule has 0 aliphatic carbocycles. The Morgan fingerprint density at radius 1 is 1.24 bits per heavy atom. The van der Waals surface area contributed by atoms with Gasteiger partial charge in [-0.05, 0) is 58.9 Å². The van der Waals surface area contributed by atoms with Gasteiger partial charge < -0.3 is 10.1 Å². The van der Waals surface area contributed by atoms with E-state index in [4.69, 9.17) is 4.74 Å². The minimum atomic E-state index is 0.127. The van der Waals surface area contributed by atoms with Gasteiger partial charge in [0.1, 0.15) is 0 Å². The zero-order valence-electron chi connectivity index (χ0n) is 12.2. The third kappa shape index (κ3) is 5.87. The second-order valence-corrected chi connectivity index (χ2v) is 6.06. The average Bonchev–Trinajstić information content (AvgIpc) is 2.62. The van der Waals surface area contributed by atoms with Gasteiger partial charge in [-0.2, -0.15) is 0 Å². The first kappa shape index (κ1) is 15.0. The number of nitrogens with one attached hydrogen (secondary N) is 1.